The van der Waals surface area contributed by atoms with Crippen LogP contribution in [0.15, 0.2) is 76.2 Å². The average molecular weight is 480 g/mol. The highest BCUT2D eigenvalue weighted by atomic mass is 35.5. The lowest BCUT2D eigenvalue weighted by molar-refractivity contribution is -0.140. The number of alkyl halides is 1. The highest BCUT2D eigenvalue weighted by molar-refractivity contribution is 7.87. The zero-order chi connectivity index (χ0) is 23.4. The molecule has 170 valence electrons. The van der Waals surface area contributed by atoms with Gasteiger partial charge in [0.25, 0.3) is 0 Å². The van der Waals surface area contributed by atoms with E-state index in [0.717, 1.165) is 24.3 Å². The lowest BCUT2D eigenvalue weighted by Crippen LogP contribution is -2.41. The molecule has 3 rings (SSSR count). The van der Waals surface area contributed by atoms with Gasteiger partial charge in [0.05, 0.1) is 18.2 Å². The number of furan rings is 1. The lowest BCUT2D eigenvalue weighted by Gasteiger charge is -2.30. The van der Waals surface area contributed by atoms with Gasteiger partial charge >= 0.3 is 10.1 Å². The first-order valence-corrected chi connectivity index (χ1v) is 11.7. The van der Waals surface area contributed by atoms with E-state index >= 15 is 0 Å². The minimum Gasteiger partial charge on any atom is -0.467 e. The maximum Gasteiger partial charge on any atom is 0.339 e. The van der Waals surface area contributed by atoms with Crippen LogP contribution in [0, 0.1) is 11.2 Å². The first-order valence-electron chi connectivity index (χ1n) is 9.77. The van der Waals surface area contributed by atoms with Crippen molar-refractivity contribution in [1.29, 1.82) is 0 Å². The van der Waals surface area contributed by atoms with Gasteiger partial charge in [0, 0.05) is 12.4 Å². The monoisotopic (exact) mass is 479 g/mol. The second-order valence-electron chi connectivity index (χ2n) is 7.90. The molecule has 0 N–H and O–H groups in total. The fourth-order valence-corrected chi connectivity index (χ4v) is 4.00. The van der Waals surface area contributed by atoms with Crippen LogP contribution >= 0.6 is 11.6 Å². The van der Waals surface area contributed by atoms with Gasteiger partial charge in [-0.3, -0.25) is 4.79 Å². The van der Waals surface area contributed by atoms with Gasteiger partial charge in [-0.25, -0.2) is 4.39 Å². The molecule has 0 unspecified atom stereocenters. The topological polar surface area (TPSA) is 76.8 Å². The predicted octanol–water partition coefficient (Wildman–Crippen LogP) is 4.98. The van der Waals surface area contributed by atoms with E-state index in [2.05, 4.69) is 0 Å². The van der Waals surface area contributed by atoms with Crippen molar-refractivity contribution in [2.75, 3.05) is 5.88 Å². The van der Waals surface area contributed by atoms with Crippen molar-refractivity contribution in [2.45, 2.75) is 31.8 Å². The van der Waals surface area contributed by atoms with E-state index < -0.39 is 21.4 Å². The minimum atomic E-state index is -4.14. The van der Waals surface area contributed by atoms with Crippen molar-refractivity contribution in [3.8, 4) is 5.75 Å². The van der Waals surface area contributed by atoms with Crippen LogP contribution in [0.4, 0.5) is 4.39 Å². The van der Waals surface area contributed by atoms with Gasteiger partial charge in [-0.2, -0.15) is 8.42 Å². The summed E-state index contributed by atoms with van der Waals surface area (Å²) in [7, 11) is -4.14. The van der Waals surface area contributed by atoms with Gasteiger partial charge < -0.3 is 13.5 Å². The summed E-state index contributed by atoms with van der Waals surface area (Å²) < 4.78 is 48.7. The standard InChI is InChI=1S/C23H23ClFNO5S/c1-23(2,16-24)22(27)26(15-20-7-4-12-30-20)14-17-5-3-6-19(13-17)31-32(28,29)21-10-8-18(25)9-11-21/h3-13H,14-16H2,1-2H3. The zero-order valence-corrected chi connectivity index (χ0v) is 19.2. The molecule has 1 amide bonds. The van der Waals surface area contributed by atoms with Gasteiger partial charge in [-0.15, -0.1) is 11.6 Å². The number of amides is 1. The van der Waals surface area contributed by atoms with E-state index in [-0.39, 0.29) is 35.5 Å². The maximum atomic E-state index is 13.1. The molecule has 9 heteroatoms. The average Bonchev–Trinajstić information content (AvgIpc) is 3.26. The molecular formula is C23H23ClFNO5S. The summed E-state index contributed by atoms with van der Waals surface area (Å²) in [5.74, 6) is 0.102. The molecular weight excluding hydrogens is 457 g/mol. The van der Waals surface area contributed by atoms with E-state index in [1.165, 1.54) is 18.4 Å². The van der Waals surface area contributed by atoms with Crippen molar-refractivity contribution in [3.05, 3.63) is 84.1 Å². The number of rotatable bonds is 9. The van der Waals surface area contributed by atoms with Crippen LogP contribution in [0.3, 0.4) is 0 Å². The second kappa shape index (κ2) is 9.75. The Bertz CT molecular complexity index is 1160. The Hall–Kier alpha value is -2.84. The quantitative estimate of drug-likeness (QED) is 0.319. The third-order valence-electron chi connectivity index (χ3n) is 4.71. The summed E-state index contributed by atoms with van der Waals surface area (Å²) in [5.41, 5.74) is -0.143. The third kappa shape index (κ3) is 5.89. The summed E-state index contributed by atoms with van der Waals surface area (Å²) in [6.07, 6.45) is 1.53. The molecule has 0 atom stereocenters. The molecule has 0 saturated heterocycles. The molecule has 0 spiro atoms. The van der Waals surface area contributed by atoms with E-state index in [1.54, 1.807) is 43.0 Å². The van der Waals surface area contributed by atoms with Crippen molar-refractivity contribution < 1.29 is 26.2 Å². The number of halogens is 2. The summed E-state index contributed by atoms with van der Waals surface area (Å²) in [5, 5.41) is 0. The van der Waals surface area contributed by atoms with Crippen molar-refractivity contribution >= 4 is 27.6 Å². The largest absolute Gasteiger partial charge is 0.467 e. The summed E-state index contributed by atoms with van der Waals surface area (Å²) >= 11 is 6.00. The molecule has 0 aliphatic heterocycles. The molecule has 1 heterocycles. The summed E-state index contributed by atoms with van der Waals surface area (Å²) in [4.78, 5) is 14.5. The highest BCUT2D eigenvalue weighted by Gasteiger charge is 2.32. The smallest absolute Gasteiger partial charge is 0.339 e. The molecule has 0 fully saturated rings. The molecule has 0 aliphatic rings. The van der Waals surface area contributed by atoms with Gasteiger partial charge in [0.1, 0.15) is 22.2 Å². The Labute approximate surface area is 191 Å². The Balaban J connectivity index is 1.82. The fourth-order valence-electron chi connectivity index (χ4n) is 2.97. The van der Waals surface area contributed by atoms with Crippen LogP contribution in [0.5, 0.6) is 5.75 Å². The molecule has 3 aromatic rings. The molecule has 0 radical (unpaired) electrons. The van der Waals surface area contributed by atoms with E-state index in [4.69, 9.17) is 20.2 Å². The molecule has 0 saturated carbocycles. The molecule has 0 aliphatic carbocycles. The van der Waals surface area contributed by atoms with Crippen LogP contribution in [-0.4, -0.2) is 25.1 Å². The minimum absolute atomic E-state index is 0.0776. The first-order chi connectivity index (χ1) is 15.1. The van der Waals surface area contributed by atoms with Gasteiger partial charge in [0.2, 0.25) is 5.91 Å². The highest BCUT2D eigenvalue weighted by Crippen LogP contribution is 2.26. The first kappa shape index (κ1) is 23.8. The molecule has 2 aromatic carbocycles. The number of carbonyl (C=O) groups excluding carboxylic acids is 1. The van der Waals surface area contributed by atoms with Crippen molar-refractivity contribution in [2.24, 2.45) is 5.41 Å². The summed E-state index contributed by atoms with van der Waals surface area (Å²) in [6.45, 7) is 3.93. The Kier molecular flexibility index (Phi) is 7.26. The van der Waals surface area contributed by atoms with Gasteiger partial charge in [-0.05, 0) is 67.9 Å². The second-order valence-corrected chi connectivity index (χ2v) is 9.71. The number of hydrogen-bond acceptors (Lipinski definition) is 5. The number of nitrogens with zero attached hydrogens (tertiary/aromatic N) is 1. The zero-order valence-electron chi connectivity index (χ0n) is 17.6. The number of hydrogen-bond donors (Lipinski definition) is 0. The van der Waals surface area contributed by atoms with Gasteiger partial charge in [0.15, 0.2) is 0 Å². The molecule has 6 nitrogen and oxygen atoms in total. The van der Waals surface area contributed by atoms with Gasteiger partial charge in [-0.1, -0.05) is 12.1 Å². The molecule has 32 heavy (non-hydrogen) atoms. The summed E-state index contributed by atoms with van der Waals surface area (Å²) in [6, 6.07) is 14.3. The molecule has 0 bridgehead atoms. The Morgan fingerprint density at radius 2 is 1.81 bits per heavy atom. The third-order valence-corrected chi connectivity index (χ3v) is 6.64. The van der Waals surface area contributed by atoms with Crippen LogP contribution in [0.25, 0.3) is 0 Å². The fraction of sp³-hybridized carbons (Fsp3) is 0.261. The predicted molar refractivity (Wildman–Crippen MR) is 118 cm³/mol. The van der Waals surface area contributed by atoms with E-state index in [9.17, 15) is 17.6 Å². The van der Waals surface area contributed by atoms with E-state index in [0.29, 0.717) is 11.3 Å². The lowest BCUT2D eigenvalue weighted by atomic mass is 9.94. The molecule has 1 aromatic heterocycles. The maximum absolute atomic E-state index is 13.1. The van der Waals surface area contributed by atoms with Crippen LogP contribution in [-0.2, 0) is 28.0 Å². The number of benzene rings is 2. The number of carbonyl (C=O) groups is 1. The van der Waals surface area contributed by atoms with Crippen molar-refractivity contribution in [3.63, 3.8) is 0 Å². The van der Waals surface area contributed by atoms with Crippen molar-refractivity contribution in [1.82, 2.24) is 4.90 Å². The normalized spacial score (nSPS) is 11.9. The Morgan fingerprint density at radius 3 is 2.44 bits per heavy atom. The van der Waals surface area contributed by atoms with Crippen LogP contribution < -0.4 is 4.18 Å². The Morgan fingerprint density at radius 1 is 1.09 bits per heavy atom. The van der Waals surface area contributed by atoms with Crippen LogP contribution in [0.2, 0.25) is 0 Å². The van der Waals surface area contributed by atoms with Crippen LogP contribution in [0.1, 0.15) is 25.2 Å². The SMILES string of the molecule is CC(C)(CCl)C(=O)N(Cc1cccc(OS(=O)(=O)c2ccc(F)cc2)c1)Cc1ccco1. The van der Waals surface area contributed by atoms with E-state index in [1.807, 2.05) is 0 Å².